The lowest BCUT2D eigenvalue weighted by Gasteiger charge is -2.34. The summed E-state index contributed by atoms with van der Waals surface area (Å²) in [7, 11) is 0. The van der Waals surface area contributed by atoms with E-state index < -0.39 is 5.97 Å². The Labute approximate surface area is 159 Å². The maximum absolute atomic E-state index is 13.0. The van der Waals surface area contributed by atoms with Gasteiger partial charge in [0.15, 0.2) is 0 Å². The third-order valence-electron chi connectivity index (χ3n) is 4.16. The van der Waals surface area contributed by atoms with Crippen LogP contribution in [0.25, 0.3) is 0 Å². The molecule has 0 bridgehead atoms. The Bertz CT molecular complexity index is 779. The zero-order chi connectivity index (χ0) is 18.5. The number of halogens is 1. The van der Waals surface area contributed by atoms with Gasteiger partial charge in [-0.2, -0.15) is 11.8 Å². The smallest absolute Gasteiger partial charge is 0.305 e. The lowest BCUT2D eigenvalue weighted by atomic mass is 10.1. The molecule has 0 aliphatic carbocycles. The maximum Gasteiger partial charge on any atom is 0.305 e. The van der Waals surface area contributed by atoms with Crippen LogP contribution in [-0.4, -0.2) is 51.0 Å². The Morgan fingerprint density at radius 2 is 2.08 bits per heavy atom. The van der Waals surface area contributed by atoms with Gasteiger partial charge in [0, 0.05) is 29.9 Å². The highest BCUT2D eigenvalue weighted by atomic mass is 32.2. The number of aliphatic carboxylic acids is 1. The minimum Gasteiger partial charge on any atom is -0.481 e. The van der Waals surface area contributed by atoms with Crippen molar-refractivity contribution in [3.05, 3.63) is 51.7 Å². The molecule has 1 aliphatic rings. The van der Waals surface area contributed by atoms with Gasteiger partial charge in [0.1, 0.15) is 5.82 Å². The molecule has 2 aromatic rings. The average molecular weight is 394 g/mol. The first-order chi connectivity index (χ1) is 12.5. The van der Waals surface area contributed by atoms with Crippen LogP contribution < -0.4 is 0 Å². The molecule has 0 saturated carbocycles. The molecule has 1 aromatic carbocycles. The van der Waals surface area contributed by atoms with Gasteiger partial charge in [0.2, 0.25) is 5.91 Å². The first kappa shape index (κ1) is 18.8. The predicted molar refractivity (Wildman–Crippen MR) is 100 cm³/mol. The van der Waals surface area contributed by atoms with E-state index in [0.717, 1.165) is 16.3 Å². The van der Waals surface area contributed by atoms with Crippen LogP contribution in [0.15, 0.2) is 29.6 Å². The van der Waals surface area contributed by atoms with Crippen molar-refractivity contribution in [2.45, 2.75) is 25.3 Å². The number of carbonyl (C=O) groups excluding carboxylic acids is 1. The Hall–Kier alpha value is -1.93. The second-order valence-electron chi connectivity index (χ2n) is 6.13. The number of hydrogen-bond donors (Lipinski definition) is 1. The molecule has 1 N–H and O–H groups in total. The summed E-state index contributed by atoms with van der Waals surface area (Å²) < 4.78 is 13.0. The summed E-state index contributed by atoms with van der Waals surface area (Å²) in [5.74, 6) is 0.259. The Balaban J connectivity index is 1.61. The molecule has 1 aromatic heterocycles. The number of amides is 1. The van der Waals surface area contributed by atoms with Crippen LogP contribution in [0.3, 0.4) is 0 Å². The predicted octanol–water partition coefficient (Wildman–Crippen LogP) is 2.83. The quantitative estimate of drug-likeness (QED) is 0.816. The standard InChI is InChI=1S/C18H19FN2O3S2/c19-13-3-1-12(2-4-13)7-16-20-14(10-26-16)8-17(22)21-5-6-25-11-15(21)9-18(23)24/h1-4,10,15H,5-9,11H2,(H,23,24). The highest BCUT2D eigenvalue weighted by Gasteiger charge is 2.29. The van der Waals surface area contributed by atoms with Gasteiger partial charge in [-0.3, -0.25) is 9.59 Å². The zero-order valence-corrected chi connectivity index (χ0v) is 15.7. The molecular formula is C18H19FN2O3S2. The third kappa shape index (κ3) is 5.04. The molecule has 138 valence electrons. The lowest BCUT2D eigenvalue weighted by Crippen LogP contribution is -2.47. The molecule has 1 aliphatic heterocycles. The van der Waals surface area contributed by atoms with Crippen LogP contribution >= 0.6 is 23.1 Å². The average Bonchev–Trinajstić information content (AvgIpc) is 3.04. The molecule has 2 heterocycles. The summed E-state index contributed by atoms with van der Waals surface area (Å²) in [4.78, 5) is 29.8. The van der Waals surface area contributed by atoms with Crippen LogP contribution in [0.5, 0.6) is 0 Å². The summed E-state index contributed by atoms with van der Waals surface area (Å²) in [6, 6.07) is 6.04. The molecule has 1 fully saturated rings. The van der Waals surface area contributed by atoms with Crippen molar-refractivity contribution in [3.63, 3.8) is 0 Å². The molecular weight excluding hydrogens is 375 g/mol. The van der Waals surface area contributed by atoms with Gasteiger partial charge in [-0.05, 0) is 17.7 Å². The van der Waals surface area contributed by atoms with E-state index in [0.29, 0.717) is 24.4 Å². The summed E-state index contributed by atoms with van der Waals surface area (Å²) in [5.41, 5.74) is 1.66. The van der Waals surface area contributed by atoms with Crippen molar-refractivity contribution >= 4 is 35.0 Å². The normalized spacial score (nSPS) is 17.3. The van der Waals surface area contributed by atoms with E-state index in [9.17, 15) is 14.0 Å². The van der Waals surface area contributed by atoms with E-state index in [-0.39, 0.29) is 30.6 Å². The number of hydrogen-bond acceptors (Lipinski definition) is 5. The van der Waals surface area contributed by atoms with Crippen molar-refractivity contribution in [2.75, 3.05) is 18.1 Å². The van der Waals surface area contributed by atoms with Crippen LogP contribution in [0.2, 0.25) is 0 Å². The Kier molecular flexibility index (Phi) is 6.26. The van der Waals surface area contributed by atoms with Gasteiger partial charge in [0.25, 0.3) is 0 Å². The number of carbonyl (C=O) groups is 2. The minimum atomic E-state index is -0.884. The Morgan fingerprint density at radius 3 is 2.81 bits per heavy atom. The highest BCUT2D eigenvalue weighted by molar-refractivity contribution is 7.99. The van der Waals surface area contributed by atoms with Crippen LogP contribution in [0.1, 0.15) is 22.7 Å². The van der Waals surface area contributed by atoms with Crippen molar-refractivity contribution in [1.82, 2.24) is 9.88 Å². The second-order valence-corrected chi connectivity index (χ2v) is 8.22. The number of rotatable bonds is 6. The van der Waals surface area contributed by atoms with Gasteiger partial charge in [-0.15, -0.1) is 11.3 Å². The number of aromatic nitrogens is 1. The molecule has 26 heavy (non-hydrogen) atoms. The molecule has 8 heteroatoms. The van der Waals surface area contributed by atoms with Crippen LogP contribution in [-0.2, 0) is 22.4 Å². The maximum atomic E-state index is 13.0. The fourth-order valence-electron chi connectivity index (χ4n) is 2.90. The van der Waals surface area contributed by atoms with Crippen LogP contribution in [0.4, 0.5) is 4.39 Å². The molecule has 1 atom stereocenters. The summed E-state index contributed by atoms with van der Waals surface area (Å²) >= 11 is 3.16. The molecule has 0 spiro atoms. The van der Waals surface area contributed by atoms with Crippen LogP contribution in [0, 0.1) is 5.82 Å². The number of nitrogens with zero attached hydrogens (tertiary/aromatic N) is 2. The monoisotopic (exact) mass is 394 g/mol. The fraction of sp³-hybridized carbons (Fsp3) is 0.389. The van der Waals surface area contributed by atoms with E-state index in [2.05, 4.69) is 4.98 Å². The zero-order valence-electron chi connectivity index (χ0n) is 14.1. The number of thiazole rings is 1. The second kappa shape index (κ2) is 8.64. The summed E-state index contributed by atoms with van der Waals surface area (Å²) in [6.07, 6.45) is 0.757. The van der Waals surface area contributed by atoms with Gasteiger partial charge < -0.3 is 10.0 Å². The van der Waals surface area contributed by atoms with Crippen molar-refractivity contribution in [1.29, 1.82) is 0 Å². The van der Waals surface area contributed by atoms with E-state index in [1.807, 2.05) is 5.38 Å². The molecule has 1 saturated heterocycles. The third-order valence-corrected chi connectivity index (χ3v) is 6.15. The molecule has 0 radical (unpaired) electrons. The fourth-order valence-corrected chi connectivity index (χ4v) is 4.79. The van der Waals surface area contributed by atoms with Crippen molar-refractivity contribution in [3.8, 4) is 0 Å². The molecule has 1 unspecified atom stereocenters. The number of carboxylic acid groups (broad SMARTS) is 1. The van der Waals surface area contributed by atoms with Gasteiger partial charge in [-0.25, -0.2) is 9.37 Å². The van der Waals surface area contributed by atoms with E-state index >= 15 is 0 Å². The largest absolute Gasteiger partial charge is 0.481 e. The summed E-state index contributed by atoms with van der Waals surface area (Å²) in [5, 5.41) is 11.8. The number of benzene rings is 1. The molecule has 5 nitrogen and oxygen atoms in total. The number of carboxylic acids is 1. The van der Waals surface area contributed by atoms with Gasteiger partial charge >= 0.3 is 5.97 Å². The summed E-state index contributed by atoms with van der Waals surface area (Å²) in [6.45, 7) is 0.577. The van der Waals surface area contributed by atoms with E-state index in [1.165, 1.54) is 23.5 Å². The lowest BCUT2D eigenvalue weighted by molar-refractivity contribution is -0.140. The first-order valence-electron chi connectivity index (χ1n) is 8.28. The first-order valence-corrected chi connectivity index (χ1v) is 10.3. The Morgan fingerprint density at radius 1 is 1.31 bits per heavy atom. The van der Waals surface area contributed by atoms with Crippen molar-refractivity contribution < 1.29 is 19.1 Å². The van der Waals surface area contributed by atoms with E-state index in [1.54, 1.807) is 28.8 Å². The topological polar surface area (TPSA) is 70.5 Å². The van der Waals surface area contributed by atoms with E-state index in [4.69, 9.17) is 5.11 Å². The van der Waals surface area contributed by atoms with Gasteiger partial charge in [0.05, 0.1) is 29.6 Å². The van der Waals surface area contributed by atoms with Crippen molar-refractivity contribution in [2.24, 2.45) is 0 Å². The highest BCUT2D eigenvalue weighted by Crippen LogP contribution is 2.21. The minimum absolute atomic E-state index is 0.0222. The number of thioether (sulfide) groups is 1. The van der Waals surface area contributed by atoms with Gasteiger partial charge in [-0.1, -0.05) is 12.1 Å². The SMILES string of the molecule is O=C(O)CC1CSCCN1C(=O)Cc1csc(Cc2ccc(F)cc2)n1. The molecule has 3 rings (SSSR count). The molecule has 1 amide bonds.